The van der Waals surface area contributed by atoms with Crippen LogP contribution in [0, 0.1) is 0 Å². The van der Waals surface area contributed by atoms with Crippen molar-refractivity contribution in [2.45, 2.75) is 25.8 Å². The zero-order chi connectivity index (χ0) is 17.8. The van der Waals surface area contributed by atoms with Gasteiger partial charge in [0.1, 0.15) is 0 Å². The molecule has 1 aliphatic heterocycles. The lowest BCUT2D eigenvalue weighted by atomic mass is 10.1. The highest BCUT2D eigenvalue weighted by Crippen LogP contribution is 2.18. The first-order valence-corrected chi connectivity index (χ1v) is 8.61. The van der Waals surface area contributed by atoms with E-state index in [-0.39, 0.29) is 18.4 Å². The van der Waals surface area contributed by atoms with Crippen molar-refractivity contribution in [3.05, 3.63) is 42.1 Å². The van der Waals surface area contributed by atoms with Crippen LogP contribution < -0.4 is 0 Å². The van der Waals surface area contributed by atoms with E-state index in [1.54, 1.807) is 6.20 Å². The number of rotatable bonds is 5. The number of hydrogen-bond donors (Lipinski definition) is 1. The molecule has 0 spiro atoms. The van der Waals surface area contributed by atoms with E-state index in [9.17, 15) is 9.59 Å². The standard InChI is InChI=1S/C19H23N3O3/c1-14(12-18(24)25)21-8-10-22(11-9-21)17(23)13-16-5-2-4-15-6-3-7-20-19(15)16/h2-7,14H,8-13H2,1H3,(H,24,25). The third-order valence-corrected chi connectivity index (χ3v) is 4.82. The summed E-state index contributed by atoms with van der Waals surface area (Å²) in [5.41, 5.74) is 1.83. The molecule has 1 unspecified atom stereocenters. The molecule has 0 bridgehead atoms. The number of aromatic nitrogens is 1. The molecule has 6 nitrogen and oxygen atoms in total. The number of amides is 1. The van der Waals surface area contributed by atoms with Gasteiger partial charge in [0, 0.05) is 43.8 Å². The van der Waals surface area contributed by atoms with Gasteiger partial charge in [0.05, 0.1) is 18.4 Å². The van der Waals surface area contributed by atoms with Crippen LogP contribution in [-0.4, -0.2) is 64.0 Å². The van der Waals surface area contributed by atoms with Crippen molar-refractivity contribution >= 4 is 22.8 Å². The van der Waals surface area contributed by atoms with Gasteiger partial charge >= 0.3 is 5.97 Å². The van der Waals surface area contributed by atoms with Crippen LogP contribution in [0.15, 0.2) is 36.5 Å². The van der Waals surface area contributed by atoms with Gasteiger partial charge in [-0.2, -0.15) is 0 Å². The number of carbonyl (C=O) groups excluding carboxylic acids is 1. The first kappa shape index (κ1) is 17.4. The molecule has 1 N–H and O–H groups in total. The minimum absolute atomic E-state index is 0.00276. The molecular formula is C19H23N3O3. The number of nitrogens with zero attached hydrogens (tertiary/aromatic N) is 3. The van der Waals surface area contributed by atoms with Crippen molar-refractivity contribution in [3.63, 3.8) is 0 Å². The van der Waals surface area contributed by atoms with Crippen molar-refractivity contribution in [3.8, 4) is 0 Å². The third kappa shape index (κ3) is 4.14. The number of para-hydroxylation sites is 1. The van der Waals surface area contributed by atoms with Gasteiger partial charge < -0.3 is 10.0 Å². The molecule has 132 valence electrons. The van der Waals surface area contributed by atoms with Gasteiger partial charge in [0.15, 0.2) is 0 Å². The quantitative estimate of drug-likeness (QED) is 0.897. The summed E-state index contributed by atoms with van der Waals surface area (Å²) in [6.07, 6.45) is 2.23. The van der Waals surface area contributed by atoms with E-state index >= 15 is 0 Å². The zero-order valence-corrected chi connectivity index (χ0v) is 14.4. The third-order valence-electron chi connectivity index (χ3n) is 4.82. The molecule has 1 atom stereocenters. The average Bonchev–Trinajstić information content (AvgIpc) is 2.61. The normalized spacial score (nSPS) is 16.8. The summed E-state index contributed by atoms with van der Waals surface area (Å²) in [6.45, 7) is 4.64. The Morgan fingerprint density at radius 2 is 1.88 bits per heavy atom. The largest absolute Gasteiger partial charge is 0.481 e. The monoisotopic (exact) mass is 341 g/mol. The van der Waals surface area contributed by atoms with Crippen molar-refractivity contribution in [2.24, 2.45) is 0 Å². The number of fused-ring (bicyclic) bond motifs is 1. The maximum Gasteiger partial charge on any atom is 0.304 e. The molecule has 6 heteroatoms. The molecular weight excluding hydrogens is 318 g/mol. The van der Waals surface area contributed by atoms with E-state index in [0.29, 0.717) is 32.6 Å². The van der Waals surface area contributed by atoms with Crippen LogP contribution in [0.5, 0.6) is 0 Å². The number of carboxylic acids is 1. The summed E-state index contributed by atoms with van der Waals surface area (Å²) in [5.74, 6) is -0.682. The molecule has 1 amide bonds. The van der Waals surface area contributed by atoms with Gasteiger partial charge in [-0.1, -0.05) is 24.3 Å². The lowest BCUT2D eigenvalue weighted by molar-refractivity contribution is -0.139. The van der Waals surface area contributed by atoms with Crippen LogP contribution in [0.2, 0.25) is 0 Å². The number of carboxylic acid groups (broad SMARTS) is 1. The summed E-state index contributed by atoms with van der Waals surface area (Å²) in [7, 11) is 0. The second-order valence-electron chi connectivity index (χ2n) is 6.53. The molecule has 1 aromatic carbocycles. The van der Waals surface area contributed by atoms with Crippen molar-refractivity contribution in [1.82, 2.24) is 14.8 Å². The van der Waals surface area contributed by atoms with Crippen molar-refractivity contribution < 1.29 is 14.7 Å². The average molecular weight is 341 g/mol. The van der Waals surface area contributed by atoms with Gasteiger partial charge in [-0.05, 0) is 18.6 Å². The van der Waals surface area contributed by atoms with Crippen LogP contribution in [0.4, 0.5) is 0 Å². The summed E-state index contributed by atoms with van der Waals surface area (Å²) >= 11 is 0. The van der Waals surface area contributed by atoms with E-state index in [1.807, 2.05) is 42.2 Å². The van der Waals surface area contributed by atoms with E-state index in [0.717, 1.165) is 16.5 Å². The van der Waals surface area contributed by atoms with Crippen LogP contribution in [0.1, 0.15) is 18.9 Å². The minimum Gasteiger partial charge on any atom is -0.481 e. The SMILES string of the molecule is CC(CC(=O)O)N1CCN(C(=O)Cc2cccc3cccnc23)CC1. The van der Waals surface area contributed by atoms with E-state index < -0.39 is 5.97 Å². The Morgan fingerprint density at radius 3 is 2.60 bits per heavy atom. The van der Waals surface area contributed by atoms with Gasteiger partial charge in [0.25, 0.3) is 0 Å². The molecule has 1 saturated heterocycles. The Hall–Kier alpha value is -2.47. The second kappa shape index (κ2) is 7.61. The van der Waals surface area contributed by atoms with Gasteiger partial charge in [-0.3, -0.25) is 19.5 Å². The first-order chi connectivity index (χ1) is 12.0. The molecule has 1 fully saturated rings. The Morgan fingerprint density at radius 1 is 1.16 bits per heavy atom. The number of carbonyl (C=O) groups is 2. The van der Waals surface area contributed by atoms with Gasteiger partial charge in [0.2, 0.25) is 5.91 Å². The second-order valence-corrected chi connectivity index (χ2v) is 6.53. The smallest absolute Gasteiger partial charge is 0.304 e. The highest BCUT2D eigenvalue weighted by atomic mass is 16.4. The Labute approximate surface area is 147 Å². The topological polar surface area (TPSA) is 73.7 Å². The minimum atomic E-state index is -0.783. The zero-order valence-electron chi connectivity index (χ0n) is 14.4. The number of aliphatic carboxylic acids is 1. The maximum absolute atomic E-state index is 12.7. The first-order valence-electron chi connectivity index (χ1n) is 8.61. The number of pyridine rings is 1. The summed E-state index contributed by atoms with van der Waals surface area (Å²) < 4.78 is 0. The van der Waals surface area contributed by atoms with Crippen LogP contribution in [0.25, 0.3) is 10.9 Å². The van der Waals surface area contributed by atoms with Gasteiger partial charge in [-0.25, -0.2) is 0 Å². The molecule has 2 heterocycles. The molecule has 0 saturated carbocycles. The summed E-state index contributed by atoms with van der Waals surface area (Å²) in [5, 5.41) is 9.95. The molecule has 1 aromatic heterocycles. The number of piperazine rings is 1. The van der Waals surface area contributed by atoms with E-state index in [2.05, 4.69) is 9.88 Å². The molecule has 2 aromatic rings. The fourth-order valence-corrected chi connectivity index (χ4v) is 3.38. The summed E-state index contributed by atoms with van der Waals surface area (Å²) in [6, 6.07) is 9.80. The maximum atomic E-state index is 12.7. The Balaban J connectivity index is 1.60. The fourth-order valence-electron chi connectivity index (χ4n) is 3.38. The predicted octanol–water partition coefficient (Wildman–Crippen LogP) is 1.78. The van der Waals surface area contributed by atoms with Gasteiger partial charge in [-0.15, -0.1) is 0 Å². The molecule has 1 aliphatic rings. The number of hydrogen-bond acceptors (Lipinski definition) is 4. The highest BCUT2D eigenvalue weighted by molar-refractivity contribution is 5.87. The van der Waals surface area contributed by atoms with Crippen molar-refractivity contribution in [2.75, 3.05) is 26.2 Å². The Kier molecular flexibility index (Phi) is 5.28. The van der Waals surface area contributed by atoms with Crippen molar-refractivity contribution in [1.29, 1.82) is 0 Å². The van der Waals surface area contributed by atoms with Crippen LogP contribution >= 0.6 is 0 Å². The fraction of sp³-hybridized carbons (Fsp3) is 0.421. The van der Waals surface area contributed by atoms with Crippen LogP contribution in [0.3, 0.4) is 0 Å². The van der Waals surface area contributed by atoms with Crippen LogP contribution in [-0.2, 0) is 16.0 Å². The molecule has 25 heavy (non-hydrogen) atoms. The summed E-state index contributed by atoms with van der Waals surface area (Å²) in [4.78, 5) is 31.9. The van der Waals surface area contributed by atoms with E-state index in [1.165, 1.54) is 0 Å². The molecule has 3 rings (SSSR count). The van der Waals surface area contributed by atoms with E-state index in [4.69, 9.17) is 5.11 Å². The lowest BCUT2D eigenvalue weighted by Crippen LogP contribution is -2.52. The number of benzene rings is 1. The molecule has 0 radical (unpaired) electrons. The predicted molar refractivity (Wildman–Crippen MR) is 95.3 cm³/mol. The lowest BCUT2D eigenvalue weighted by Gasteiger charge is -2.37. The molecule has 0 aliphatic carbocycles. The Bertz CT molecular complexity index is 764. The highest BCUT2D eigenvalue weighted by Gasteiger charge is 2.25.